The molecule has 0 radical (unpaired) electrons. The molecule has 0 saturated carbocycles. The Hall–Kier alpha value is -18.2. The van der Waals surface area contributed by atoms with Gasteiger partial charge in [0.05, 0.1) is 11.4 Å². The highest BCUT2D eigenvalue weighted by Crippen LogP contribution is 2.42. The number of aromatic nitrogens is 15. The largest absolute Gasteiger partial charge is 0.265 e. The van der Waals surface area contributed by atoms with Crippen molar-refractivity contribution in [2.75, 3.05) is 0 Å². The van der Waals surface area contributed by atoms with E-state index in [0.717, 1.165) is 182 Å². The molecule has 0 N–H and O–H groups in total. The summed E-state index contributed by atoms with van der Waals surface area (Å²) < 4.78 is 0. The molecule has 0 fully saturated rings. The summed E-state index contributed by atoms with van der Waals surface area (Å²) in [5.74, 6) is 5.56. The van der Waals surface area contributed by atoms with E-state index in [-0.39, 0.29) is 0 Å². The number of fused-ring (bicyclic) bond motifs is 6. The van der Waals surface area contributed by atoms with Crippen molar-refractivity contribution in [3.63, 3.8) is 0 Å². The topological polar surface area (TPSA) is 193 Å². The fraction of sp³-hybridized carbons (Fsp3) is 0. The van der Waals surface area contributed by atoms with Crippen LogP contribution < -0.4 is 0 Å². The maximum absolute atomic E-state index is 5.15. The van der Waals surface area contributed by atoms with Crippen molar-refractivity contribution in [1.82, 2.24) is 74.8 Å². The van der Waals surface area contributed by atoms with Gasteiger partial charge in [0.25, 0.3) is 0 Å². The third-order valence-electron chi connectivity index (χ3n) is 23.6. The molecule has 0 unspecified atom stereocenters. The van der Waals surface area contributed by atoms with E-state index in [1.807, 2.05) is 122 Å². The van der Waals surface area contributed by atoms with Crippen molar-refractivity contribution in [1.29, 1.82) is 0 Å². The first-order chi connectivity index (χ1) is 65.4. The van der Waals surface area contributed by atoms with Gasteiger partial charge >= 0.3 is 0 Å². The summed E-state index contributed by atoms with van der Waals surface area (Å²) in [7, 11) is 0. The molecule has 9 aromatic heterocycles. The zero-order valence-corrected chi connectivity index (χ0v) is 71.0. The van der Waals surface area contributed by atoms with Crippen LogP contribution in [0.1, 0.15) is 0 Å². The first-order valence-electron chi connectivity index (χ1n) is 43.5. The minimum absolute atomic E-state index is 0.584. The van der Waals surface area contributed by atoms with Gasteiger partial charge in [0.15, 0.2) is 52.4 Å². The Bertz CT molecular complexity index is 7130. The number of benzene rings is 15. The molecule has 132 heavy (non-hydrogen) atoms. The van der Waals surface area contributed by atoms with Crippen molar-refractivity contribution >= 4 is 64.6 Å². The monoisotopic (exact) mass is 1690 g/mol. The Morgan fingerprint density at radius 1 is 0.129 bits per heavy atom. The van der Waals surface area contributed by atoms with Crippen molar-refractivity contribution < 1.29 is 0 Å². The molecule has 15 aromatic carbocycles. The van der Waals surface area contributed by atoms with Crippen LogP contribution in [0.15, 0.2) is 456 Å². The van der Waals surface area contributed by atoms with E-state index >= 15 is 0 Å². The quantitative estimate of drug-likeness (QED) is 0.0940. The molecule has 0 saturated heterocycles. The number of nitrogens with zero attached hydrogens (tertiary/aromatic N) is 15. The first kappa shape index (κ1) is 79.7. The second-order valence-electron chi connectivity index (χ2n) is 31.9. The van der Waals surface area contributed by atoms with Crippen molar-refractivity contribution in [2.45, 2.75) is 0 Å². The average Bonchev–Trinajstić information content (AvgIpc) is 0.770. The fourth-order valence-electron chi connectivity index (χ4n) is 17.2. The molecule has 618 valence electrons. The van der Waals surface area contributed by atoms with Crippen molar-refractivity contribution in [3.8, 4) is 170 Å². The normalized spacial score (nSPS) is 11.2. The number of hydrogen-bond acceptors (Lipinski definition) is 15. The predicted molar refractivity (Wildman–Crippen MR) is 533 cm³/mol. The average molecular weight is 1690 g/mol. The van der Waals surface area contributed by atoms with Gasteiger partial charge in [-0.15, -0.1) is 0 Å². The molecule has 24 rings (SSSR count). The van der Waals surface area contributed by atoms with Crippen molar-refractivity contribution in [3.05, 3.63) is 456 Å². The van der Waals surface area contributed by atoms with Crippen LogP contribution in [0, 0.1) is 0 Å². The summed E-state index contributed by atoms with van der Waals surface area (Å²) in [6.45, 7) is 0. The maximum atomic E-state index is 5.15. The Kier molecular flexibility index (Phi) is 21.7. The van der Waals surface area contributed by atoms with Gasteiger partial charge in [-0.05, 0) is 213 Å². The van der Waals surface area contributed by atoms with Gasteiger partial charge in [-0.3, -0.25) is 29.9 Å². The van der Waals surface area contributed by atoms with E-state index in [1.54, 1.807) is 12.4 Å². The number of pyridine rings is 6. The van der Waals surface area contributed by atoms with E-state index in [1.165, 1.54) is 0 Å². The molecule has 0 amide bonds. The lowest BCUT2D eigenvalue weighted by atomic mass is 9.96. The molecule has 0 aliphatic heterocycles. The highest BCUT2D eigenvalue weighted by Gasteiger charge is 2.23. The molecule has 9 heterocycles. The number of hydrogen-bond donors (Lipinski definition) is 0. The smallest absolute Gasteiger partial charge is 0.164 e. The maximum Gasteiger partial charge on any atom is 0.164 e. The van der Waals surface area contributed by atoms with E-state index in [4.69, 9.17) is 44.9 Å². The van der Waals surface area contributed by atoms with Crippen LogP contribution in [0.2, 0.25) is 0 Å². The lowest BCUT2D eigenvalue weighted by Gasteiger charge is -2.13. The van der Waals surface area contributed by atoms with Gasteiger partial charge in [0.1, 0.15) is 0 Å². The zero-order chi connectivity index (χ0) is 87.9. The lowest BCUT2D eigenvalue weighted by molar-refractivity contribution is 1.08. The summed E-state index contributed by atoms with van der Waals surface area (Å²) in [4.78, 5) is 72.7. The second kappa shape index (κ2) is 36.0. The van der Waals surface area contributed by atoms with Gasteiger partial charge in [0.2, 0.25) is 0 Å². The van der Waals surface area contributed by atoms with Crippen molar-refractivity contribution in [2.24, 2.45) is 0 Å². The van der Waals surface area contributed by atoms with E-state index < -0.39 is 0 Å². The summed E-state index contributed by atoms with van der Waals surface area (Å²) in [5.41, 5.74) is 20.4. The molecule has 0 spiro atoms. The fourth-order valence-corrected chi connectivity index (χ4v) is 17.2. The van der Waals surface area contributed by atoms with E-state index in [0.29, 0.717) is 52.4 Å². The van der Waals surface area contributed by atoms with Crippen LogP contribution in [0.3, 0.4) is 0 Å². The Labute approximate surface area is 760 Å². The summed E-state index contributed by atoms with van der Waals surface area (Å²) in [5, 5.41) is 13.4. The molecule has 0 bridgehead atoms. The summed E-state index contributed by atoms with van der Waals surface area (Å²) in [6, 6.07) is 135. The van der Waals surface area contributed by atoms with Crippen LogP contribution in [-0.4, -0.2) is 74.8 Å². The van der Waals surface area contributed by atoms with E-state index in [2.05, 4.69) is 351 Å². The molecule has 15 nitrogen and oxygen atoms in total. The second-order valence-corrected chi connectivity index (χ2v) is 31.9. The van der Waals surface area contributed by atoms with Gasteiger partial charge in [0, 0.05) is 134 Å². The Morgan fingerprint density at radius 3 is 0.614 bits per heavy atom. The van der Waals surface area contributed by atoms with Crippen LogP contribution in [0.5, 0.6) is 0 Å². The number of rotatable bonds is 15. The molecule has 15 heteroatoms. The van der Waals surface area contributed by atoms with Crippen LogP contribution in [-0.2, 0) is 0 Å². The Morgan fingerprint density at radius 2 is 0.356 bits per heavy atom. The molecular weight excluding hydrogens is 1620 g/mol. The van der Waals surface area contributed by atoms with Gasteiger partial charge < -0.3 is 0 Å². The third-order valence-corrected chi connectivity index (χ3v) is 23.6. The SMILES string of the molecule is c1ccc(-c2cc(-c3ccccn3)cc(-c3nc(-c4cccc5ccccc45)nc(-c4cccc5ccccc45)n3)c2)nc1.c1ccc2c(-c3nc(-c4cc(-c5ccncc5)cc(-c5ccncc5)c4)nc(-c4cccc5ccccc45)n3)cccc2c1.c1cncc(-c2cc(-c3cccnc3)cc(-c3nc(-c4cccc5ccccc45)nc(-c4cccc5ccccc45)n3)c2)c1. The summed E-state index contributed by atoms with van der Waals surface area (Å²) >= 11 is 0. The van der Waals surface area contributed by atoms with Gasteiger partial charge in [-0.2, -0.15) is 0 Å². The molecule has 0 atom stereocenters. The zero-order valence-electron chi connectivity index (χ0n) is 71.0. The first-order valence-corrected chi connectivity index (χ1v) is 43.5. The molecule has 24 aromatic rings. The summed E-state index contributed by atoms with van der Waals surface area (Å²) in [6.07, 6.45) is 18.2. The van der Waals surface area contributed by atoms with Gasteiger partial charge in [-0.1, -0.05) is 279 Å². The Balaban J connectivity index is 0.000000116. The van der Waals surface area contributed by atoms with Gasteiger partial charge in [-0.25, -0.2) is 44.9 Å². The highest BCUT2D eigenvalue weighted by atomic mass is 15.1. The minimum Gasteiger partial charge on any atom is -0.265 e. The van der Waals surface area contributed by atoms with Crippen LogP contribution in [0.25, 0.3) is 234 Å². The standard InChI is InChI=1S/3C39H25N5/c1-3-15-33-26(9-1)11-5-17-35(33)38-42-37(43-39(44-38)36-18-6-12-27-10-2-4-16-34(27)36)32-22-30(28-13-7-19-40-24-28)21-31(23-32)29-14-8-20-41-25-29;1-3-15-31-26(11-1)13-9-17-33(31)38-42-37(43-39(44-38)34-18-10-14-27-12-2-4-16-32(27)34)30-24-28(35-19-5-7-21-40-35)23-29(25-30)36-20-6-8-22-41-36;1-3-11-33-28(7-1)9-5-13-35(33)38-42-37(43-39(44-38)36-14-6-10-29-8-2-4-12-34(29)36)32-24-30(26-15-19-40-20-16-26)23-31(25-32)27-17-21-41-22-18-27/h3*1-25H. The molecule has 0 aliphatic rings. The predicted octanol–water partition coefficient (Wildman–Crippen LogP) is 27.9. The lowest BCUT2D eigenvalue weighted by Crippen LogP contribution is -2.01. The van der Waals surface area contributed by atoms with Crippen LogP contribution in [0.4, 0.5) is 0 Å². The third kappa shape index (κ3) is 16.6. The highest BCUT2D eigenvalue weighted by molar-refractivity contribution is 6.02. The van der Waals surface area contributed by atoms with Crippen LogP contribution >= 0.6 is 0 Å². The van der Waals surface area contributed by atoms with E-state index in [9.17, 15) is 0 Å². The molecular formula is C117H75N15. The minimum atomic E-state index is 0.584. The molecule has 0 aliphatic carbocycles.